The molecule has 0 saturated carbocycles. The molecule has 2 aromatic carbocycles. The number of aryl methyl sites for hydroxylation is 1. The number of nitrogens with zero attached hydrogens (tertiary/aromatic N) is 3. The SMILES string of the molecule is COc1cc(C2=NCCN2C)cc([N+](=O)[O-])c1OCc1ccccc1C. The molecule has 7 nitrogen and oxygen atoms in total. The summed E-state index contributed by atoms with van der Waals surface area (Å²) in [5.74, 6) is 1.17. The predicted molar refractivity (Wildman–Crippen MR) is 99.2 cm³/mol. The zero-order chi connectivity index (χ0) is 18.7. The monoisotopic (exact) mass is 355 g/mol. The topological polar surface area (TPSA) is 77.2 Å². The maximum atomic E-state index is 11.6. The Balaban J connectivity index is 1.98. The molecule has 1 aliphatic heterocycles. The largest absolute Gasteiger partial charge is 0.493 e. The van der Waals surface area contributed by atoms with Crippen LogP contribution in [0, 0.1) is 17.0 Å². The van der Waals surface area contributed by atoms with Gasteiger partial charge < -0.3 is 14.4 Å². The predicted octanol–water partition coefficient (Wildman–Crippen LogP) is 3.18. The first kappa shape index (κ1) is 17.7. The molecule has 26 heavy (non-hydrogen) atoms. The maximum absolute atomic E-state index is 11.6. The number of aliphatic imine (C=N–C) groups is 1. The molecule has 0 aromatic heterocycles. The van der Waals surface area contributed by atoms with E-state index >= 15 is 0 Å². The van der Waals surface area contributed by atoms with Crippen molar-refractivity contribution in [3.8, 4) is 11.5 Å². The van der Waals surface area contributed by atoms with Crippen molar-refractivity contribution in [2.75, 3.05) is 27.2 Å². The summed E-state index contributed by atoms with van der Waals surface area (Å²) in [5.41, 5.74) is 2.55. The fourth-order valence-electron chi connectivity index (χ4n) is 2.92. The average Bonchev–Trinajstić information content (AvgIpc) is 3.06. The van der Waals surface area contributed by atoms with E-state index in [0.29, 0.717) is 17.9 Å². The summed E-state index contributed by atoms with van der Waals surface area (Å²) < 4.78 is 11.2. The number of hydrogen-bond acceptors (Lipinski definition) is 6. The van der Waals surface area contributed by atoms with E-state index < -0.39 is 4.92 Å². The van der Waals surface area contributed by atoms with Crippen LogP contribution in [-0.2, 0) is 6.61 Å². The Hall–Kier alpha value is -3.09. The van der Waals surface area contributed by atoms with Gasteiger partial charge in [-0.1, -0.05) is 24.3 Å². The van der Waals surface area contributed by atoms with Gasteiger partial charge in [0.25, 0.3) is 0 Å². The normalized spacial score (nSPS) is 13.5. The zero-order valence-electron chi connectivity index (χ0n) is 15.1. The lowest BCUT2D eigenvalue weighted by Gasteiger charge is -2.17. The van der Waals surface area contributed by atoms with Crippen molar-refractivity contribution in [2.45, 2.75) is 13.5 Å². The zero-order valence-corrected chi connectivity index (χ0v) is 15.1. The highest BCUT2D eigenvalue weighted by Gasteiger charge is 2.26. The quantitative estimate of drug-likeness (QED) is 0.587. The van der Waals surface area contributed by atoms with Crippen LogP contribution in [0.15, 0.2) is 41.4 Å². The highest BCUT2D eigenvalue weighted by molar-refractivity contribution is 6.01. The van der Waals surface area contributed by atoms with Crippen LogP contribution in [-0.4, -0.2) is 42.9 Å². The first-order chi connectivity index (χ1) is 12.5. The Kier molecular flexibility index (Phi) is 5.06. The average molecular weight is 355 g/mol. The molecule has 0 N–H and O–H groups in total. The molecular weight excluding hydrogens is 334 g/mol. The Bertz CT molecular complexity index is 864. The van der Waals surface area contributed by atoms with Crippen LogP contribution >= 0.6 is 0 Å². The third-order valence-electron chi connectivity index (χ3n) is 4.40. The summed E-state index contributed by atoms with van der Waals surface area (Å²) in [6.07, 6.45) is 0. The summed E-state index contributed by atoms with van der Waals surface area (Å²) >= 11 is 0. The maximum Gasteiger partial charge on any atom is 0.315 e. The smallest absolute Gasteiger partial charge is 0.315 e. The molecule has 7 heteroatoms. The molecule has 0 saturated heterocycles. The number of likely N-dealkylation sites (N-methyl/N-ethyl adjacent to an activating group) is 1. The molecule has 2 aromatic rings. The summed E-state index contributed by atoms with van der Waals surface area (Å²) in [6.45, 7) is 3.66. The number of ether oxygens (including phenoxy) is 2. The number of benzene rings is 2. The van der Waals surface area contributed by atoms with Gasteiger partial charge in [0.1, 0.15) is 12.4 Å². The molecule has 0 spiro atoms. The molecule has 0 bridgehead atoms. The van der Waals surface area contributed by atoms with Gasteiger partial charge in [-0.3, -0.25) is 15.1 Å². The second-order valence-electron chi connectivity index (χ2n) is 6.13. The van der Waals surface area contributed by atoms with E-state index in [2.05, 4.69) is 4.99 Å². The molecule has 0 amide bonds. The molecule has 1 aliphatic rings. The lowest BCUT2D eigenvalue weighted by molar-refractivity contribution is -0.386. The molecule has 0 radical (unpaired) electrons. The summed E-state index contributed by atoms with van der Waals surface area (Å²) in [5, 5.41) is 11.6. The lowest BCUT2D eigenvalue weighted by atomic mass is 10.1. The number of nitro benzene ring substituents is 1. The van der Waals surface area contributed by atoms with Gasteiger partial charge in [-0.05, 0) is 24.1 Å². The Morgan fingerprint density at radius 3 is 2.69 bits per heavy atom. The molecule has 0 fully saturated rings. The Morgan fingerprint density at radius 1 is 1.31 bits per heavy atom. The van der Waals surface area contributed by atoms with Crippen LogP contribution in [0.5, 0.6) is 11.5 Å². The summed E-state index contributed by atoms with van der Waals surface area (Å²) in [4.78, 5) is 17.6. The van der Waals surface area contributed by atoms with Gasteiger partial charge in [0, 0.05) is 25.2 Å². The molecular formula is C19H21N3O4. The Labute approximate surface area is 152 Å². The summed E-state index contributed by atoms with van der Waals surface area (Å²) in [6, 6.07) is 11.0. The van der Waals surface area contributed by atoms with Crippen LogP contribution in [0.4, 0.5) is 5.69 Å². The molecule has 0 aliphatic carbocycles. The van der Waals surface area contributed by atoms with Crippen molar-refractivity contribution in [1.82, 2.24) is 4.90 Å². The second kappa shape index (κ2) is 7.43. The van der Waals surface area contributed by atoms with Crippen molar-refractivity contribution in [2.24, 2.45) is 4.99 Å². The van der Waals surface area contributed by atoms with Crippen LogP contribution in [0.1, 0.15) is 16.7 Å². The van der Waals surface area contributed by atoms with E-state index in [1.54, 1.807) is 6.07 Å². The molecule has 136 valence electrons. The number of hydrogen-bond donors (Lipinski definition) is 0. The molecule has 1 heterocycles. The first-order valence-electron chi connectivity index (χ1n) is 8.31. The van der Waals surface area contributed by atoms with Crippen molar-refractivity contribution >= 4 is 11.5 Å². The van der Waals surface area contributed by atoms with Gasteiger partial charge in [-0.2, -0.15) is 0 Å². The van der Waals surface area contributed by atoms with Gasteiger partial charge in [0.05, 0.1) is 18.6 Å². The van der Waals surface area contributed by atoms with E-state index in [-0.39, 0.29) is 18.0 Å². The van der Waals surface area contributed by atoms with E-state index in [9.17, 15) is 10.1 Å². The fourth-order valence-corrected chi connectivity index (χ4v) is 2.92. The van der Waals surface area contributed by atoms with Crippen LogP contribution in [0.2, 0.25) is 0 Å². The van der Waals surface area contributed by atoms with E-state index in [1.807, 2.05) is 43.1 Å². The van der Waals surface area contributed by atoms with Crippen LogP contribution < -0.4 is 9.47 Å². The first-order valence-corrected chi connectivity index (χ1v) is 8.31. The van der Waals surface area contributed by atoms with E-state index in [4.69, 9.17) is 9.47 Å². The van der Waals surface area contributed by atoms with Crippen molar-refractivity contribution in [1.29, 1.82) is 0 Å². The molecule has 0 atom stereocenters. The second-order valence-corrected chi connectivity index (χ2v) is 6.13. The van der Waals surface area contributed by atoms with Crippen molar-refractivity contribution in [3.63, 3.8) is 0 Å². The minimum Gasteiger partial charge on any atom is -0.493 e. The third kappa shape index (κ3) is 3.46. The Morgan fingerprint density at radius 2 is 2.08 bits per heavy atom. The van der Waals surface area contributed by atoms with E-state index in [1.165, 1.54) is 13.2 Å². The van der Waals surface area contributed by atoms with Gasteiger partial charge >= 0.3 is 5.69 Å². The lowest BCUT2D eigenvalue weighted by Crippen LogP contribution is -2.23. The van der Waals surface area contributed by atoms with E-state index in [0.717, 1.165) is 23.5 Å². The van der Waals surface area contributed by atoms with Gasteiger partial charge in [-0.25, -0.2) is 0 Å². The number of amidine groups is 1. The van der Waals surface area contributed by atoms with Gasteiger partial charge in [0.15, 0.2) is 5.75 Å². The van der Waals surface area contributed by atoms with Gasteiger partial charge in [-0.15, -0.1) is 0 Å². The number of nitro groups is 1. The van der Waals surface area contributed by atoms with Gasteiger partial charge in [0.2, 0.25) is 5.75 Å². The minimum atomic E-state index is -0.450. The minimum absolute atomic E-state index is 0.129. The fraction of sp³-hybridized carbons (Fsp3) is 0.316. The molecule has 0 unspecified atom stereocenters. The standard InChI is InChI=1S/C19H21N3O4/c1-13-6-4-5-7-14(13)12-26-18-16(22(23)24)10-15(11-17(18)25-3)19-20-8-9-21(19)2/h4-7,10-11H,8-9,12H2,1-3H3. The third-order valence-corrected chi connectivity index (χ3v) is 4.40. The summed E-state index contributed by atoms with van der Waals surface area (Å²) in [7, 11) is 3.39. The highest BCUT2D eigenvalue weighted by atomic mass is 16.6. The highest BCUT2D eigenvalue weighted by Crippen LogP contribution is 2.39. The van der Waals surface area contributed by atoms with Crippen LogP contribution in [0.25, 0.3) is 0 Å². The van der Waals surface area contributed by atoms with Crippen LogP contribution in [0.3, 0.4) is 0 Å². The van der Waals surface area contributed by atoms with Crippen molar-refractivity contribution in [3.05, 3.63) is 63.2 Å². The number of methoxy groups -OCH3 is 1. The van der Waals surface area contributed by atoms with Crippen molar-refractivity contribution < 1.29 is 14.4 Å². The number of rotatable bonds is 6. The molecule has 3 rings (SSSR count).